The number of benzene rings is 1. The Morgan fingerprint density at radius 2 is 1.94 bits per heavy atom. The predicted octanol–water partition coefficient (Wildman–Crippen LogP) is 4.63. The molecule has 0 unspecified atom stereocenters. The highest BCUT2D eigenvalue weighted by Crippen LogP contribution is 2.29. The molecule has 0 radical (unpaired) electrons. The van der Waals surface area contributed by atoms with Crippen molar-refractivity contribution in [3.05, 3.63) is 58.5 Å². The molecule has 0 atom stereocenters. The molecule has 0 aliphatic rings. The lowest BCUT2D eigenvalue weighted by Gasteiger charge is -1.97. The normalized spacial score (nSPS) is 10.5. The molecule has 2 heterocycles. The van der Waals surface area contributed by atoms with E-state index in [4.69, 9.17) is 0 Å². The minimum atomic E-state index is 0.912. The van der Waals surface area contributed by atoms with Crippen LogP contribution >= 0.6 is 27.3 Å². The third-order valence-electron chi connectivity index (χ3n) is 2.50. The third-order valence-corrected chi connectivity index (χ3v) is 3.89. The average Bonchev–Trinajstić information content (AvgIpc) is 2.89. The van der Waals surface area contributed by atoms with Gasteiger partial charge in [0.25, 0.3) is 0 Å². The van der Waals surface area contributed by atoms with Crippen molar-refractivity contribution < 1.29 is 0 Å². The number of hydrogen-bond acceptors (Lipinski definition) is 3. The van der Waals surface area contributed by atoms with E-state index in [2.05, 4.69) is 38.0 Å². The molecule has 0 fully saturated rings. The molecule has 3 aromatic rings. The van der Waals surface area contributed by atoms with E-state index in [1.54, 1.807) is 17.5 Å². The van der Waals surface area contributed by atoms with Crippen LogP contribution in [0.4, 0.5) is 0 Å². The Bertz CT molecular complexity index is 664. The molecule has 88 valence electrons. The summed E-state index contributed by atoms with van der Waals surface area (Å²) in [5.74, 6) is 0. The van der Waals surface area contributed by atoms with Gasteiger partial charge in [-0.05, 0) is 24.3 Å². The van der Waals surface area contributed by atoms with Crippen molar-refractivity contribution in [3.63, 3.8) is 0 Å². The van der Waals surface area contributed by atoms with Gasteiger partial charge >= 0.3 is 0 Å². The molecule has 1 aromatic carbocycles. The highest BCUT2D eigenvalue weighted by atomic mass is 79.9. The summed E-state index contributed by atoms with van der Waals surface area (Å²) >= 11 is 5.11. The fraction of sp³-hybridized carbons (Fsp3) is 0. The zero-order valence-corrected chi connectivity index (χ0v) is 11.8. The molecule has 0 bridgehead atoms. The first-order valence-corrected chi connectivity index (χ1v) is 7.13. The van der Waals surface area contributed by atoms with E-state index in [9.17, 15) is 0 Å². The fourth-order valence-electron chi connectivity index (χ4n) is 1.66. The van der Waals surface area contributed by atoms with Gasteiger partial charge in [-0.25, -0.2) is 4.98 Å². The Kier molecular flexibility index (Phi) is 3.21. The molecule has 0 aliphatic heterocycles. The molecule has 4 heteroatoms. The van der Waals surface area contributed by atoms with E-state index in [-0.39, 0.29) is 0 Å². The Morgan fingerprint density at radius 3 is 2.72 bits per heavy atom. The topological polar surface area (TPSA) is 25.8 Å². The number of rotatable bonds is 2. The van der Waals surface area contributed by atoms with E-state index in [1.807, 2.05) is 35.7 Å². The maximum atomic E-state index is 4.63. The van der Waals surface area contributed by atoms with Gasteiger partial charge in [-0.2, -0.15) is 0 Å². The standard InChI is InChI=1S/C14H9BrN2S/c15-11-5-3-4-10(8-11)14-17-13(9-18-14)12-6-1-2-7-16-12/h1-9H. The maximum absolute atomic E-state index is 4.63. The van der Waals surface area contributed by atoms with Crippen molar-refractivity contribution in [2.24, 2.45) is 0 Å². The Labute approximate surface area is 117 Å². The van der Waals surface area contributed by atoms with Crippen LogP contribution in [0.2, 0.25) is 0 Å². The summed E-state index contributed by atoms with van der Waals surface area (Å²) in [4.78, 5) is 8.94. The first kappa shape index (κ1) is 11.6. The van der Waals surface area contributed by atoms with Crippen LogP contribution in [-0.2, 0) is 0 Å². The van der Waals surface area contributed by atoms with Gasteiger partial charge in [-0.1, -0.05) is 34.1 Å². The Morgan fingerprint density at radius 1 is 1.00 bits per heavy atom. The minimum absolute atomic E-state index is 0.912. The van der Waals surface area contributed by atoms with Crippen LogP contribution < -0.4 is 0 Å². The number of aromatic nitrogens is 2. The summed E-state index contributed by atoms with van der Waals surface area (Å²) in [6, 6.07) is 14.0. The summed E-state index contributed by atoms with van der Waals surface area (Å²) < 4.78 is 1.06. The minimum Gasteiger partial charge on any atom is -0.255 e. The molecule has 0 spiro atoms. The second-order valence-electron chi connectivity index (χ2n) is 3.76. The lowest BCUT2D eigenvalue weighted by Crippen LogP contribution is -1.82. The van der Waals surface area contributed by atoms with Gasteiger partial charge in [0.05, 0.1) is 5.69 Å². The zero-order chi connectivity index (χ0) is 12.4. The maximum Gasteiger partial charge on any atom is 0.124 e. The summed E-state index contributed by atoms with van der Waals surface area (Å²) in [5, 5.41) is 3.05. The van der Waals surface area contributed by atoms with Crippen molar-refractivity contribution in [2.45, 2.75) is 0 Å². The number of pyridine rings is 1. The fourth-order valence-corrected chi connectivity index (χ4v) is 2.87. The second kappa shape index (κ2) is 5.00. The molecule has 0 amide bonds. The molecule has 0 N–H and O–H groups in total. The smallest absolute Gasteiger partial charge is 0.124 e. The lowest BCUT2D eigenvalue weighted by molar-refractivity contribution is 1.28. The number of halogens is 1. The van der Waals surface area contributed by atoms with Crippen LogP contribution in [-0.4, -0.2) is 9.97 Å². The van der Waals surface area contributed by atoms with Gasteiger partial charge in [0.15, 0.2) is 0 Å². The first-order valence-electron chi connectivity index (χ1n) is 5.46. The van der Waals surface area contributed by atoms with Gasteiger partial charge in [0.1, 0.15) is 10.7 Å². The largest absolute Gasteiger partial charge is 0.255 e. The van der Waals surface area contributed by atoms with Crippen molar-refractivity contribution >= 4 is 27.3 Å². The predicted molar refractivity (Wildman–Crippen MR) is 78.5 cm³/mol. The van der Waals surface area contributed by atoms with Crippen LogP contribution in [0.15, 0.2) is 58.5 Å². The van der Waals surface area contributed by atoms with Crippen LogP contribution in [0.25, 0.3) is 22.0 Å². The third kappa shape index (κ3) is 2.35. The quantitative estimate of drug-likeness (QED) is 0.688. The van der Waals surface area contributed by atoms with E-state index < -0.39 is 0 Å². The summed E-state index contributed by atoms with van der Waals surface area (Å²) in [6.45, 7) is 0. The average molecular weight is 317 g/mol. The van der Waals surface area contributed by atoms with Gasteiger partial charge in [0, 0.05) is 21.6 Å². The molecule has 2 aromatic heterocycles. The zero-order valence-electron chi connectivity index (χ0n) is 9.38. The van der Waals surface area contributed by atoms with Crippen LogP contribution in [0.5, 0.6) is 0 Å². The van der Waals surface area contributed by atoms with E-state index in [1.165, 1.54) is 0 Å². The first-order chi connectivity index (χ1) is 8.83. The summed E-state index contributed by atoms with van der Waals surface area (Å²) in [6.07, 6.45) is 1.79. The van der Waals surface area contributed by atoms with Crippen LogP contribution in [0, 0.1) is 0 Å². The molecule has 18 heavy (non-hydrogen) atoms. The van der Waals surface area contributed by atoms with Gasteiger partial charge < -0.3 is 0 Å². The van der Waals surface area contributed by atoms with Crippen molar-refractivity contribution in [2.75, 3.05) is 0 Å². The molecule has 0 aliphatic carbocycles. The van der Waals surface area contributed by atoms with E-state index in [0.717, 1.165) is 26.4 Å². The molecule has 2 nitrogen and oxygen atoms in total. The monoisotopic (exact) mass is 316 g/mol. The molecule has 0 saturated heterocycles. The second-order valence-corrected chi connectivity index (χ2v) is 5.54. The van der Waals surface area contributed by atoms with E-state index in [0.29, 0.717) is 0 Å². The van der Waals surface area contributed by atoms with Gasteiger partial charge in [0.2, 0.25) is 0 Å². The number of hydrogen-bond donors (Lipinski definition) is 0. The number of thiazole rings is 1. The lowest BCUT2D eigenvalue weighted by atomic mass is 10.2. The molecule has 0 saturated carbocycles. The summed E-state index contributed by atoms with van der Waals surface area (Å²) in [7, 11) is 0. The Balaban J connectivity index is 2.00. The van der Waals surface area contributed by atoms with Crippen molar-refractivity contribution in [3.8, 4) is 22.0 Å². The molecule has 3 rings (SSSR count). The van der Waals surface area contributed by atoms with Crippen LogP contribution in [0.1, 0.15) is 0 Å². The highest BCUT2D eigenvalue weighted by molar-refractivity contribution is 9.10. The Hall–Kier alpha value is -1.52. The SMILES string of the molecule is Brc1cccc(-c2nc(-c3ccccn3)cs2)c1. The van der Waals surface area contributed by atoms with Gasteiger partial charge in [-0.15, -0.1) is 11.3 Å². The number of nitrogens with zero attached hydrogens (tertiary/aromatic N) is 2. The van der Waals surface area contributed by atoms with Crippen molar-refractivity contribution in [1.82, 2.24) is 9.97 Å². The highest BCUT2D eigenvalue weighted by Gasteiger charge is 2.07. The van der Waals surface area contributed by atoms with E-state index >= 15 is 0 Å². The van der Waals surface area contributed by atoms with Crippen molar-refractivity contribution in [1.29, 1.82) is 0 Å². The molecular formula is C14H9BrN2S. The van der Waals surface area contributed by atoms with Crippen LogP contribution in [0.3, 0.4) is 0 Å². The summed E-state index contributed by atoms with van der Waals surface area (Å²) in [5.41, 5.74) is 2.96. The van der Waals surface area contributed by atoms with Gasteiger partial charge in [-0.3, -0.25) is 4.98 Å². The molecular weight excluding hydrogens is 308 g/mol.